The Morgan fingerprint density at radius 1 is 1.22 bits per heavy atom. The van der Waals surface area contributed by atoms with Gasteiger partial charge in [-0.15, -0.1) is 11.3 Å². The quantitative estimate of drug-likeness (QED) is 0.812. The lowest BCUT2D eigenvalue weighted by Gasteiger charge is -2.27. The van der Waals surface area contributed by atoms with Crippen molar-refractivity contribution in [3.05, 3.63) is 10.4 Å². The number of hydrogen-bond donors (Lipinski definition) is 2. The molecule has 0 aromatic carbocycles. The molecular weight excluding hydrogens is 246 g/mol. The second-order valence-electron chi connectivity index (χ2n) is 4.61. The van der Waals surface area contributed by atoms with Crippen molar-refractivity contribution in [3.63, 3.8) is 0 Å². The minimum atomic E-state index is 0.607. The Morgan fingerprint density at radius 3 is 2.67 bits per heavy atom. The summed E-state index contributed by atoms with van der Waals surface area (Å²) < 4.78 is 0. The third kappa shape index (κ3) is 1.81. The monoisotopic (exact) mass is 263 g/mol. The van der Waals surface area contributed by atoms with Crippen LogP contribution in [0.25, 0.3) is 10.2 Å². The normalized spacial score (nSPS) is 16.4. The maximum absolute atomic E-state index is 6.09. The van der Waals surface area contributed by atoms with Gasteiger partial charge < -0.3 is 16.0 Å². The first-order valence-electron chi connectivity index (χ1n) is 6.15. The highest BCUT2D eigenvalue weighted by atomic mass is 32.1. The smallest absolute Gasteiger partial charge is 0.228 e. The van der Waals surface area contributed by atoms with Gasteiger partial charge in [0.1, 0.15) is 10.6 Å². The number of piperazine rings is 1. The third-order valence-electron chi connectivity index (χ3n) is 3.44. The van der Waals surface area contributed by atoms with Crippen LogP contribution >= 0.6 is 11.3 Å². The number of thiophene rings is 1. The first kappa shape index (κ1) is 11.7. The topological polar surface area (TPSA) is 67.1 Å². The number of nitrogen functional groups attached to an aromatic ring is 1. The van der Waals surface area contributed by atoms with Gasteiger partial charge in [0.15, 0.2) is 0 Å². The first-order valence-corrected chi connectivity index (χ1v) is 6.97. The summed E-state index contributed by atoms with van der Waals surface area (Å²) in [6.07, 6.45) is 0. The molecule has 1 saturated heterocycles. The summed E-state index contributed by atoms with van der Waals surface area (Å²) in [6, 6.07) is 0. The van der Waals surface area contributed by atoms with Crippen molar-refractivity contribution in [2.45, 2.75) is 13.8 Å². The summed E-state index contributed by atoms with van der Waals surface area (Å²) in [7, 11) is 0. The number of nitrogens with zero attached hydrogens (tertiary/aromatic N) is 3. The SMILES string of the molecule is Cc1sc2nc(N3CCNCC3)nc(N)c2c1C. The maximum atomic E-state index is 6.09. The minimum absolute atomic E-state index is 0.607. The molecule has 1 aliphatic heterocycles. The van der Waals surface area contributed by atoms with E-state index in [9.17, 15) is 0 Å². The van der Waals surface area contributed by atoms with Crippen LogP contribution < -0.4 is 16.0 Å². The number of anilines is 2. The van der Waals surface area contributed by atoms with E-state index in [2.05, 4.69) is 34.0 Å². The van der Waals surface area contributed by atoms with Gasteiger partial charge in [0.05, 0.1) is 5.39 Å². The third-order valence-corrected chi connectivity index (χ3v) is 4.55. The highest BCUT2D eigenvalue weighted by Gasteiger charge is 2.17. The summed E-state index contributed by atoms with van der Waals surface area (Å²) in [5.41, 5.74) is 7.30. The lowest BCUT2D eigenvalue weighted by atomic mass is 10.2. The molecular formula is C12H17N5S. The standard InChI is InChI=1S/C12H17N5S/c1-7-8(2)18-11-9(7)10(13)15-12(16-11)17-5-3-14-4-6-17/h14H,3-6H2,1-2H3,(H2,13,15,16). The highest BCUT2D eigenvalue weighted by molar-refractivity contribution is 7.18. The van der Waals surface area contributed by atoms with Crippen LogP contribution in [0, 0.1) is 13.8 Å². The molecule has 6 heteroatoms. The summed E-state index contributed by atoms with van der Waals surface area (Å²) in [6.45, 7) is 8.01. The first-order chi connectivity index (χ1) is 8.66. The summed E-state index contributed by atoms with van der Waals surface area (Å²) in [4.78, 5) is 13.6. The van der Waals surface area contributed by atoms with E-state index < -0.39 is 0 Å². The van der Waals surface area contributed by atoms with E-state index in [4.69, 9.17) is 5.73 Å². The number of nitrogens with two attached hydrogens (primary N) is 1. The van der Waals surface area contributed by atoms with Gasteiger partial charge in [-0.1, -0.05) is 0 Å². The molecule has 0 saturated carbocycles. The Morgan fingerprint density at radius 2 is 1.94 bits per heavy atom. The molecule has 96 valence electrons. The second kappa shape index (κ2) is 4.37. The van der Waals surface area contributed by atoms with E-state index in [-0.39, 0.29) is 0 Å². The molecule has 1 aliphatic rings. The largest absolute Gasteiger partial charge is 0.383 e. The van der Waals surface area contributed by atoms with Crippen LogP contribution in [0.2, 0.25) is 0 Å². The molecule has 1 fully saturated rings. The van der Waals surface area contributed by atoms with E-state index >= 15 is 0 Å². The lowest BCUT2D eigenvalue weighted by molar-refractivity contribution is 0.581. The molecule has 3 heterocycles. The van der Waals surface area contributed by atoms with Gasteiger partial charge in [-0.3, -0.25) is 0 Å². The molecule has 3 N–H and O–H groups in total. The van der Waals surface area contributed by atoms with Crippen LogP contribution in [0.5, 0.6) is 0 Å². The molecule has 2 aromatic heterocycles. The average molecular weight is 263 g/mol. The van der Waals surface area contributed by atoms with E-state index in [1.807, 2.05) is 0 Å². The summed E-state index contributed by atoms with van der Waals surface area (Å²) >= 11 is 1.70. The van der Waals surface area contributed by atoms with Crippen LogP contribution in [-0.4, -0.2) is 36.1 Å². The zero-order valence-corrected chi connectivity index (χ0v) is 11.5. The van der Waals surface area contributed by atoms with Crippen molar-refractivity contribution in [1.29, 1.82) is 0 Å². The average Bonchev–Trinajstić information content (AvgIpc) is 2.66. The van der Waals surface area contributed by atoms with Gasteiger partial charge in [-0.25, -0.2) is 4.98 Å². The van der Waals surface area contributed by atoms with E-state index in [1.165, 1.54) is 10.4 Å². The van der Waals surface area contributed by atoms with Gasteiger partial charge in [0, 0.05) is 31.1 Å². The molecule has 0 spiro atoms. The van der Waals surface area contributed by atoms with Crippen LogP contribution in [0.4, 0.5) is 11.8 Å². The van der Waals surface area contributed by atoms with Gasteiger partial charge in [0.2, 0.25) is 5.95 Å². The fraction of sp³-hybridized carbons (Fsp3) is 0.500. The number of hydrogen-bond acceptors (Lipinski definition) is 6. The molecule has 3 rings (SSSR count). The van der Waals surface area contributed by atoms with E-state index in [0.29, 0.717) is 5.82 Å². The van der Waals surface area contributed by atoms with Crippen molar-refractivity contribution in [2.24, 2.45) is 0 Å². The van der Waals surface area contributed by atoms with Crippen LogP contribution in [0.15, 0.2) is 0 Å². The Kier molecular flexibility index (Phi) is 2.83. The predicted molar refractivity (Wildman–Crippen MR) is 76.4 cm³/mol. The number of fused-ring (bicyclic) bond motifs is 1. The van der Waals surface area contributed by atoms with Gasteiger partial charge >= 0.3 is 0 Å². The Labute approximate surface area is 110 Å². The molecule has 18 heavy (non-hydrogen) atoms. The zero-order valence-electron chi connectivity index (χ0n) is 10.7. The van der Waals surface area contributed by atoms with Crippen molar-refractivity contribution in [2.75, 3.05) is 36.8 Å². The molecule has 0 aliphatic carbocycles. The Balaban J connectivity index is 2.09. The minimum Gasteiger partial charge on any atom is -0.383 e. The Hall–Kier alpha value is -1.40. The zero-order chi connectivity index (χ0) is 12.7. The Bertz CT molecular complexity index is 586. The van der Waals surface area contributed by atoms with Crippen molar-refractivity contribution < 1.29 is 0 Å². The molecule has 0 atom stereocenters. The fourth-order valence-corrected chi connectivity index (χ4v) is 3.31. The summed E-state index contributed by atoms with van der Waals surface area (Å²) in [5.74, 6) is 1.37. The number of rotatable bonds is 1. The van der Waals surface area contributed by atoms with E-state index in [1.54, 1.807) is 11.3 Å². The van der Waals surface area contributed by atoms with Crippen LogP contribution in [-0.2, 0) is 0 Å². The molecule has 0 unspecified atom stereocenters. The number of aryl methyl sites for hydroxylation is 2. The van der Waals surface area contributed by atoms with Crippen molar-refractivity contribution in [3.8, 4) is 0 Å². The molecule has 0 amide bonds. The molecule has 2 aromatic rings. The predicted octanol–water partition coefficient (Wildman–Crippen LogP) is 1.30. The second-order valence-corrected chi connectivity index (χ2v) is 5.81. The van der Waals surface area contributed by atoms with Crippen LogP contribution in [0.1, 0.15) is 10.4 Å². The lowest BCUT2D eigenvalue weighted by Crippen LogP contribution is -2.44. The molecule has 5 nitrogen and oxygen atoms in total. The van der Waals surface area contributed by atoms with Crippen molar-refractivity contribution in [1.82, 2.24) is 15.3 Å². The fourth-order valence-electron chi connectivity index (χ4n) is 2.28. The highest BCUT2D eigenvalue weighted by Crippen LogP contribution is 2.33. The van der Waals surface area contributed by atoms with Gasteiger partial charge in [-0.05, 0) is 19.4 Å². The van der Waals surface area contributed by atoms with Crippen molar-refractivity contribution >= 4 is 33.3 Å². The summed E-state index contributed by atoms with van der Waals surface area (Å²) in [5, 5.41) is 4.35. The molecule has 0 radical (unpaired) electrons. The maximum Gasteiger partial charge on any atom is 0.228 e. The number of nitrogens with one attached hydrogen (secondary N) is 1. The number of aromatic nitrogens is 2. The van der Waals surface area contributed by atoms with E-state index in [0.717, 1.165) is 42.3 Å². The van der Waals surface area contributed by atoms with Gasteiger partial charge in [0.25, 0.3) is 0 Å². The van der Waals surface area contributed by atoms with Crippen LogP contribution in [0.3, 0.4) is 0 Å². The van der Waals surface area contributed by atoms with Gasteiger partial charge in [-0.2, -0.15) is 4.98 Å². The molecule has 0 bridgehead atoms.